The Kier molecular flexibility index (Phi) is 4.93. The van der Waals surface area contributed by atoms with Gasteiger partial charge in [-0.15, -0.1) is 0 Å². The summed E-state index contributed by atoms with van der Waals surface area (Å²) in [4.78, 5) is 8.81. The van der Waals surface area contributed by atoms with Gasteiger partial charge in [0.25, 0.3) is 0 Å². The molecule has 2 aromatic carbocycles. The standard InChI is InChI=1S/C21H20N2O2S/c24-17-13-7-12-16(25-17)20(26)21-22-18(14-8-3-1-4-9-14)19(23-21)15-10-5-2-6-11-15/h1-6,8-11,16-17,24H,7,12-13H2,(H,22,23)/t16-,17-/m0/s1. The fourth-order valence-electron chi connectivity index (χ4n) is 3.26. The molecule has 0 radical (unpaired) electrons. The van der Waals surface area contributed by atoms with E-state index in [1.165, 1.54) is 0 Å². The minimum Gasteiger partial charge on any atom is -0.368 e. The first-order valence-corrected chi connectivity index (χ1v) is 9.22. The number of benzene rings is 2. The summed E-state index contributed by atoms with van der Waals surface area (Å²) in [5, 5.41) is 9.78. The Morgan fingerprint density at radius 3 is 2.31 bits per heavy atom. The molecule has 1 aromatic heterocycles. The van der Waals surface area contributed by atoms with E-state index in [1.54, 1.807) is 0 Å². The van der Waals surface area contributed by atoms with Crippen molar-refractivity contribution < 1.29 is 9.84 Å². The average Bonchev–Trinajstić information content (AvgIpc) is 3.14. The normalized spacial score (nSPS) is 20.0. The van der Waals surface area contributed by atoms with E-state index in [0.717, 1.165) is 35.4 Å². The molecule has 4 nitrogen and oxygen atoms in total. The Bertz CT molecular complexity index is 836. The number of thiocarbonyl (C=S) groups is 1. The lowest BCUT2D eigenvalue weighted by molar-refractivity contribution is -0.141. The zero-order valence-electron chi connectivity index (χ0n) is 14.3. The quantitative estimate of drug-likeness (QED) is 0.534. The molecule has 0 spiro atoms. The highest BCUT2D eigenvalue weighted by Crippen LogP contribution is 2.31. The first-order valence-electron chi connectivity index (χ1n) is 8.81. The van der Waals surface area contributed by atoms with Crippen molar-refractivity contribution in [3.05, 3.63) is 66.5 Å². The molecular weight excluding hydrogens is 344 g/mol. The molecule has 5 heteroatoms. The van der Waals surface area contributed by atoms with Gasteiger partial charge in [-0.1, -0.05) is 72.9 Å². The van der Waals surface area contributed by atoms with Gasteiger partial charge in [0.2, 0.25) is 0 Å². The number of H-pyrrole nitrogens is 1. The fraction of sp³-hybridized carbons (Fsp3) is 0.238. The molecule has 0 saturated carbocycles. The second-order valence-corrected chi connectivity index (χ2v) is 6.86. The maximum atomic E-state index is 9.78. The highest BCUT2D eigenvalue weighted by Gasteiger charge is 2.27. The molecule has 1 saturated heterocycles. The van der Waals surface area contributed by atoms with Crippen molar-refractivity contribution >= 4 is 17.1 Å². The minimum absolute atomic E-state index is 0.285. The molecule has 1 fully saturated rings. The largest absolute Gasteiger partial charge is 0.368 e. The smallest absolute Gasteiger partial charge is 0.155 e. The van der Waals surface area contributed by atoms with Gasteiger partial charge in [-0.05, 0) is 19.3 Å². The van der Waals surface area contributed by atoms with E-state index in [2.05, 4.69) is 4.98 Å². The van der Waals surface area contributed by atoms with Crippen LogP contribution in [0, 0.1) is 0 Å². The van der Waals surface area contributed by atoms with Crippen molar-refractivity contribution in [3.63, 3.8) is 0 Å². The van der Waals surface area contributed by atoms with E-state index in [9.17, 15) is 5.11 Å². The molecule has 4 rings (SSSR count). The van der Waals surface area contributed by atoms with Crippen molar-refractivity contribution in [1.29, 1.82) is 0 Å². The van der Waals surface area contributed by atoms with E-state index >= 15 is 0 Å². The lowest BCUT2D eigenvalue weighted by Gasteiger charge is -2.26. The molecule has 26 heavy (non-hydrogen) atoms. The third-order valence-electron chi connectivity index (χ3n) is 4.58. The molecule has 132 valence electrons. The summed E-state index contributed by atoms with van der Waals surface area (Å²) >= 11 is 5.64. The van der Waals surface area contributed by atoms with E-state index < -0.39 is 6.29 Å². The molecule has 1 aliphatic heterocycles. The average molecular weight is 364 g/mol. The number of aromatic amines is 1. The Morgan fingerprint density at radius 1 is 1.00 bits per heavy atom. The van der Waals surface area contributed by atoms with Gasteiger partial charge in [-0.2, -0.15) is 0 Å². The molecule has 0 unspecified atom stereocenters. The molecule has 0 bridgehead atoms. The second kappa shape index (κ2) is 7.50. The van der Waals surface area contributed by atoms with Crippen LogP contribution < -0.4 is 0 Å². The van der Waals surface area contributed by atoms with Crippen molar-refractivity contribution in [2.24, 2.45) is 0 Å². The van der Waals surface area contributed by atoms with Gasteiger partial charge in [0.15, 0.2) is 6.29 Å². The van der Waals surface area contributed by atoms with Crippen LogP contribution in [0.4, 0.5) is 0 Å². The highest BCUT2D eigenvalue weighted by atomic mass is 32.1. The predicted molar refractivity (Wildman–Crippen MR) is 106 cm³/mol. The first-order chi connectivity index (χ1) is 12.7. The number of imidazole rings is 1. The van der Waals surface area contributed by atoms with Gasteiger partial charge in [0.05, 0.1) is 22.4 Å². The summed E-state index contributed by atoms with van der Waals surface area (Å²) in [5.41, 5.74) is 3.88. The van der Waals surface area contributed by atoms with Crippen LogP contribution in [0.3, 0.4) is 0 Å². The van der Waals surface area contributed by atoms with Gasteiger partial charge < -0.3 is 14.8 Å². The highest BCUT2D eigenvalue weighted by molar-refractivity contribution is 7.81. The molecule has 1 aliphatic rings. The van der Waals surface area contributed by atoms with Gasteiger partial charge in [0.1, 0.15) is 5.82 Å². The van der Waals surface area contributed by atoms with Crippen LogP contribution >= 0.6 is 12.2 Å². The second-order valence-electron chi connectivity index (χ2n) is 6.42. The third kappa shape index (κ3) is 3.46. The molecule has 2 N–H and O–H groups in total. The van der Waals surface area contributed by atoms with Crippen molar-refractivity contribution in [2.75, 3.05) is 0 Å². The van der Waals surface area contributed by atoms with E-state index in [0.29, 0.717) is 17.1 Å². The summed E-state index contributed by atoms with van der Waals surface area (Å²) in [6.07, 6.45) is 1.32. The Labute approximate surface area is 157 Å². The molecule has 2 atom stereocenters. The molecule has 3 aromatic rings. The third-order valence-corrected chi connectivity index (χ3v) is 5.03. The number of nitrogens with zero attached hydrogens (tertiary/aromatic N) is 1. The lowest BCUT2D eigenvalue weighted by Crippen LogP contribution is -2.33. The van der Waals surface area contributed by atoms with Crippen LogP contribution in [-0.4, -0.2) is 32.3 Å². The SMILES string of the molecule is O[C@@H]1CCC[C@@H](C(=S)c2nc(-c3ccccc3)c(-c3ccccc3)[nH]2)O1. The van der Waals surface area contributed by atoms with Crippen LogP contribution in [0.2, 0.25) is 0 Å². The summed E-state index contributed by atoms with van der Waals surface area (Å²) in [6, 6.07) is 20.2. The fourth-order valence-corrected chi connectivity index (χ4v) is 3.53. The topological polar surface area (TPSA) is 58.1 Å². The van der Waals surface area contributed by atoms with E-state index in [4.69, 9.17) is 21.9 Å². The summed E-state index contributed by atoms with van der Waals surface area (Å²) in [7, 11) is 0. The van der Waals surface area contributed by atoms with Gasteiger partial charge in [-0.25, -0.2) is 4.98 Å². The number of nitrogens with one attached hydrogen (secondary N) is 1. The van der Waals surface area contributed by atoms with Crippen LogP contribution in [0.5, 0.6) is 0 Å². The number of aromatic nitrogens is 2. The predicted octanol–water partition coefficient (Wildman–Crippen LogP) is 4.35. The maximum Gasteiger partial charge on any atom is 0.155 e. The Morgan fingerprint density at radius 2 is 1.65 bits per heavy atom. The number of rotatable bonds is 4. The monoisotopic (exact) mass is 364 g/mol. The molecule has 0 aliphatic carbocycles. The van der Waals surface area contributed by atoms with E-state index in [-0.39, 0.29) is 6.10 Å². The van der Waals surface area contributed by atoms with E-state index in [1.807, 2.05) is 60.7 Å². The van der Waals surface area contributed by atoms with Gasteiger partial charge in [0, 0.05) is 11.1 Å². The lowest BCUT2D eigenvalue weighted by atomic mass is 10.1. The summed E-state index contributed by atoms with van der Waals surface area (Å²) < 4.78 is 5.62. The molecular formula is C21H20N2O2S. The zero-order chi connectivity index (χ0) is 17.9. The number of aliphatic hydroxyl groups excluding tert-OH is 1. The van der Waals surface area contributed by atoms with Crippen molar-refractivity contribution in [3.8, 4) is 22.5 Å². The molecule has 2 heterocycles. The van der Waals surface area contributed by atoms with Crippen LogP contribution in [-0.2, 0) is 4.74 Å². The Balaban J connectivity index is 1.75. The number of hydrogen-bond acceptors (Lipinski definition) is 4. The van der Waals surface area contributed by atoms with Gasteiger partial charge >= 0.3 is 0 Å². The van der Waals surface area contributed by atoms with Gasteiger partial charge in [-0.3, -0.25) is 0 Å². The van der Waals surface area contributed by atoms with Crippen molar-refractivity contribution in [1.82, 2.24) is 9.97 Å². The number of ether oxygens (including phenoxy) is 1. The van der Waals surface area contributed by atoms with Crippen LogP contribution in [0.15, 0.2) is 60.7 Å². The van der Waals surface area contributed by atoms with Crippen molar-refractivity contribution in [2.45, 2.75) is 31.7 Å². The first kappa shape index (κ1) is 17.1. The minimum atomic E-state index is -0.746. The summed E-state index contributed by atoms with van der Waals surface area (Å²) in [5.74, 6) is 0.636. The number of aliphatic hydroxyl groups is 1. The summed E-state index contributed by atoms with van der Waals surface area (Å²) in [6.45, 7) is 0. The molecule has 0 amide bonds. The maximum absolute atomic E-state index is 9.78. The zero-order valence-corrected chi connectivity index (χ0v) is 15.1. The number of hydrogen-bond donors (Lipinski definition) is 2. The van der Waals surface area contributed by atoms with Crippen LogP contribution in [0.1, 0.15) is 25.1 Å². The van der Waals surface area contributed by atoms with Crippen LogP contribution in [0.25, 0.3) is 22.5 Å². The Hall–Kier alpha value is -2.34.